The molecule has 15 aromatic rings. The Morgan fingerprint density at radius 1 is 0.195 bits per heavy atom. The average molecular weight is 1070 g/mol. The number of thiophene rings is 3. The summed E-state index contributed by atoms with van der Waals surface area (Å²) in [6, 6.07) is 111. The molecule has 3 aromatic heterocycles. The Morgan fingerprint density at radius 3 is 0.909 bits per heavy atom. The third kappa shape index (κ3) is 7.34. The third-order valence-electron chi connectivity index (χ3n) is 16.2. The molecule has 0 bridgehead atoms. The van der Waals surface area contributed by atoms with Crippen molar-refractivity contribution in [3.05, 3.63) is 291 Å². The zero-order chi connectivity index (χ0) is 50.9. The predicted molar refractivity (Wildman–Crippen MR) is 343 cm³/mol. The molecule has 0 saturated carbocycles. The summed E-state index contributed by atoms with van der Waals surface area (Å²) >= 11 is 5.72. The van der Waals surface area contributed by atoms with Crippen LogP contribution in [0, 0.1) is 0 Å². The Hall–Kier alpha value is -8.27. The van der Waals surface area contributed by atoms with E-state index in [0.717, 1.165) is 0 Å². The van der Waals surface area contributed by atoms with Crippen LogP contribution in [0.2, 0.25) is 0 Å². The highest BCUT2D eigenvalue weighted by atomic mass is 32.1. The first-order chi connectivity index (χ1) is 38.2. The van der Waals surface area contributed by atoms with Crippen LogP contribution in [0.4, 0.5) is 0 Å². The van der Waals surface area contributed by atoms with Gasteiger partial charge >= 0.3 is 0 Å². The number of hydrogen-bond acceptors (Lipinski definition) is 3. The Morgan fingerprint density at radius 2 is 0.506 bits per heavy atom. The first-order valence-electron chi connectivity index (χ1n) is 26.4. The van der Waals surface area contributed by atoms with Crippen molar-refractivity contribution in [3.8, 4) is 22.3 Å². The normalized spacial score (nSPS) is 12.2. The molecule has 12 aromatic carbocycles. The second-order valence-corrected chi connectivity index (χ2v) is 31.0. The lowest BCUT2D eigenvalue weighted by Gasteiger charge is -2.35. The summed E-state index contributed by atoms with van der Waals surface area (Å²) < 4.78 is 7.94. The quantitative estimate of drug-likeness (QED) is 0.0946. The Kier molecular flexibility index (Phi) is 11.2. The van der Waals surface area contributed by atoms with Crippen molar-refractivity contribution in [3.63, 3.8) is 0 Å². The fourth-order valence-corrected chi connectivity index (χ4v) is 25.9. The summed E-state index contributed by atoms with van der Waals surface area (Å²) in [5, 5.41) is 18.9. The van der Waals surface area contributed by atoms with Gasteiger partial charge in [0.1, 0.15) is 0 Å². The molecule has 0 aliphatic rings. The lowest BCUT2D eigenvalue weighted by molar-refractivity contribution is 1.66. The van der Waals surface area contributed by atoms with Gasteiger partial charge in [0.2, 0.25) is 0 Å². The minimum atomic E-state index is -3.00. The van der Waals surface area contributed by atoms with Gasteiger partial charge in [0.05, 0.1) is 0 Å². The van der Waals surface area contributed by atoms with Crippen LogP contribution < -0.4 is 41.5 Å². The summed E-state index contributed by atoms with van der Waals surface area (Å²) in [7, 11) is -6.00. The van der Waals surface area contributed by atoms with Crippen LogP contribution in [0.5, 0.6) is 0 Å². The van der Waals surface area contributed by atoms with Crippen LogP contribution in [0.3, 0.4) is 0 Å². The minimum absolute atomic E-state index is 1.25. The molecule has 0 radical (unpaired) electrons. The maximum absolute atomic E-state index is 3.00. The molecule has 0 spiro atoms. The highest BCUT2D eigenvalue weighted by Gasteiger charge is 2.44. The summed E-state index contributed by atoms with van der Waals surface area (Å²) in [5.41, 5.74) is 5.08. The van der Waals surface area contributed by atoms with Gasteiger partial charge in [0.25, 0.3) is 0 Å². The standard InChI is InChI=1S/C72H48S3Si2/c1-5-23-51(24-6-1)76(52-25-7-2-8-26-52,55-31-17-21-49(45-55)59-35-19-37-63-61-33-13-15-39-67(61)74-71(59)63)57-41-43-69-65(47-57)66-48-58(42-44-70(66)73-69)77(53-27-9-3-10-28-53,54-29-11-4-12-30-54)56-32-18-22-50(46-56)60-36-20-38-64-62-34-14-16-40-68(62)75-72(60)64/h1-48H. The Labute approximate surface area is 462 Å². The molecule has 0 nitrogen and oxygen atoms in total. The van der Waals surface area contributed by atoms with Crippen molar-refractivity contribution in [2.45, 2.75) is 0 Å². The molecule has 5 heteroatoms. The first kappa shape index (κ1) is 46.1. The average Bonchev–Trinajstić information content (AvgIpc) is 4.34. The van der Waals surface area contributed by atoms with Crippen molar-refractivity contribution >= 4 is 152 Å². The molecular weight excluding hydrogens is 1020 g/mol. The zero-order valence-electron chi connectivity index (χ0n) is 41.9. The van der Waals surface area contributed by atoms with Gasteiger partial charge in [-0.15, -0.1) is 34.0 Å². The van der Waals surface area contributed by atoms with E-state index in [0.29, 0.717) is 0 Å². The van der Waals surface area contributed by atoms with E-state index in [2.05, 4.69) is 291 Å². The number of hydrogen-bond donors (Lipinski definition) is 0. The van der Waals surface area contributed by atoms with Crippen LogP contribution in [-0.2, 0) is 0 Å². The van der Waals surface area contributed by atoms with Crippen LogP contribution in [0.25, 0.3) is 82.8 Å². The first-order valence-corrected chi connectivity index (χ1v) is 32.8. The van der Waals surface area contributed by atoms with Crippen molar-refractivity contribution in [1.29, 1.82) is 0 Å². The van der Waals surface area contributed by atoms with E-state index in [1.807, 2.05) is 34.0 Å². The molecule has 0 amide bonds. The van der Waals surface area contributed by atoms with Gasteiger partial charge in [-0.2, -0.15) is 0 Å². The molecule has 77 heavy (non-hydrogen) atoms. The van der Waals surface area contributed by atoms with Gasteiger partial charge in [-0.1, -0.05) is 267 Å². The van der Waals surface area contributed by atoms with E-state index >= 15 is 0 Å². The highest BCUT2D eigenvalue weighted by molar-refractivity contribution is 7.27. The fraction of sp³-hybridized carbons (Fsp3) is 0. The lowest BCUT2D eigenvalue weighted by atomic mass is 10.0. The molecule has 0 fully saturated rings. The van der Waals surface area contributed by atoms with Gasteiger partial charge in [0, 0.05) is 60.5 Å². The van der Waals surface area contributed by atoms with E-state index in [-0.39, 0.29) is 0 Å². The summed E-state index contributed by atoms with van der Waals surface area (Å²) in [5.74, 6) is 0. The van der Waals surface area contributed by atoms with Gasteiger partial charge in [-0.05, 0) is 88.0 Å². The second-order valence-electron chi connectivity index (χ2n) is 20.2. The molecule has 0 saturated heterocycles. The Balaban J connectivity index is 0.967. The van der Waals surface area contributed by atoms with Crippen LogP contribution in [0.1, 0.15) is 0 Å². The highest BCUT2D eigenvalue weighted by Crippen LogP contribution is 2.42. The number of rotatable bonds is 10. The largest absolute Gasteiger partial charge is 0.179 e. The van der Waals surface area contributed by atoms with E-state index in [9.17, 15) is 0 Å². The third-order valence-corrected chi connectivity index (χ3v) is 29.3. The van der Waals surface area contributed by atoms with Crippen molar-refractivity contribution in [2.24, 2.45) is 0 Å². The Bertz CT molecular complexity index is 4310. The summed E-state index contributed by atoms with van der Waals surface area (Å²) in [4.78, 5) is 0. The predicted octanol–water partition coefficient (Wildman–Crippen LogP) is 14.9. The summed E-state index contributed by atoms with van der Waals surface area (Å²) in [6.45, 7) is 0. The van der Waals surface area contributed by atoms with Gasteiger partial charge in [-0.25, -0.2) is 0 Å². The summed E-state index contributed by atoms with van der Waals surface area (Å²) in [6.07, 6.45) is 0. The lowest BCUT2D eigenvalue weighted by Crippen LogP contribution is -2.74. The van der Waals surface area contributed by atoms with Crippen molar-refractivity contribution in [1.82, 2.24) is 0 Å². The smallest absolute Gasteiger partial charge is 0.135 e. The van der Waals surface area contributed by atoms with E-state index < -0.39 is 16.1 Å². The van der Waals surface area contributed by atoms with Gasteiger partial charge in [0.15, 0.2) is 16.1 Å². The van der Waals surface area contributed by atoms with Crippen LogP contribution in [0.15, 0.2) is 291 Å². The van der Waals surface area contributed by atoms with Crippen molar-refractivity contribution in [2.75, 3.05) is 0 Å². The maximum atomic E-state index is 2.60. The number of benzene rings is 12. The molecule has 0 aliphatic carbocycles. The molecule has 0 N–H and O–H groups in total. The van der Waals surface area contributed by atoms with Crippen LogP contribution >= 0.6 is 34.0 Å². The van der Waals surface area contributed by atoms with E-state index in [1.165, 1.54) is 124 Å². The van der Waals surface area contributed by atoms with E-state index in [1.54, 1.807) is 0 Å². The van der Waals surface area contributed by atoms with Gasteiger partial charge < -0.3 is 0 Å². The topological polar surface area (TPSA) is 0 Å². The second kappa shape index (κ2) is 18.8. The van der Waals surface area contributed by atoms with Crippen LogP contribution in [-0.4, -0.2) is 16.1 Å². The molecule has 15 rings (SSSR count). The fourth-order valence-electron chi connectivity index (χ4n) is 12.8. The molecular formula is C72H48S3Si2. The minimum Gasteiger partial charge on any atom is -0.135 e. The number of fused-ring (bicyclic) bond motifs is 9. The monoisotopic (exact) mass is 1060 g/mol. The zero-order valence-corrected chi connectivity index (χ0v) is 46.4. The molecule has 0 atom stereocenters. The molecule has 362 valence electrons. The van der Waals surface area contributed by atoms with E-state index in [4.69, 9.17) is 0 Å². The molecule has 3 heterocycles. The van der Waals surface area contributed by atoms with Gasteiger partial charge in [-0.3, -0.25) is 0 Å². The molecule has 0 aliphatic heterocycles. The SMILES string of the molecule is c1ccc([Si](c2ccccc2)(c2cccc(-c3cccc4c3sc3ccccc34)c2)c2ccc3sc4ccc([Si](c5ccccc5)(c5ccccc5)c5cccc(-c6cccc7c6sc6ccccc67)c5)cc4c3c2)cc1. The molecule has 0 unspecified atom stereocenters. The van der Waals surface area contributed by atoms with Crippen molar-refractivity contribution < 1.29 is 0 Å². The maximum Gasteiger partial charge on any atom is 0.179 e.